The van der Waals surface area contributed by atoms with E-state index in [1.54, 1.807) is 6.92 Å². The van der Waals surface area contributed by atoms with Crippen molar-refractivity contribution in [3.05, 3.63) is 72.0 Å². The number of hydrogen-bond donors (Lipinski definition) is 1. The lowest BCUT2D eigenvalue weighted by Crippen LogP contribution is -1.99. The summed E-state index contributed by atoms with van der Waals surface area (Å²) in [4.78, 5) is 11.6. The monoisotopic (exact) mass is 278 g/mol. The Morgan fingerprint density at radius 2 is 1.43 bits per heavy atom. The van der Waals surface area contributed by atoms with Crippen molar-refractivity contribution in [1.29, 1.82) is 0 Å². The molecule has 0 unspecified atom stereocenters. The molecule has 1 aromatic heterocycles. The molecule has 2 aromatic carbocycles. The minimum absolute atomic E-state index is 0.222. The van der Waals surface area contributed by atoms with Gasteiger partial charge in [0.05, 0.1) is 0 Å². The summed E-state index contributed by atoms with van der Waals surface area (Å²) in [6, 6.07) is 19.0. The lowest BCUT2D eigenvalue weighted by Gasteiger charge is -2.04. The summed E-state index contributed by atoms with van der Waals surface area (Å²) in [7, 11) is 0. The maximum absolute atomic E-state index is 11.6. The van der Waals surface area contributed by atoms with E-state index in [9.17, 15) is 9.90 Å². The molecule has 21 heavy (non-hydrogen) atoms. The molecule has 0 aliphatic rings. The average molecular weight is 278 g/mol. The van der Waals surface area contributed by atoms with Gasteiger partial charge in [0.15, 0.2) is 0 Å². The molecule has 3 rings (SSSR count). The van der Waals surface area contributed by atoms with Crippen LogP contribution in [-0.4, -0.2) is 11.1 Å². The van der Waals surface area contributed by atoms with Gasteiger partial charge in [0, 0.05) is 11.1 Å². The van der Waals surface area contributed by atoms with E-state index >= 15 is 0 Å². The fourth-order valence-corrected chi connectivity index (χ4v) is 2.48. The molecule has 0 saturated heterocycles. The first-order valence-electron chi connectivity index (χ1n) is 6.66. The zero-order chi connectivity index (χ0) is 14.8. The van der Waals surface area contributed by atoms with Gasteiger partial charge in [0.1, 0.15) is 17.1 Å². The Morgan fingerprint density at radius 1 is 0.905 bits per heavy atom. The molecule has 0 bridgehead atoms. The first-order chi connectivity index (χ1) is 10.2. The molecular formula is C18H14O3. The normalized spacial score (nSPS) is 10.5. The Labute approximate surface area is 122 Å². The molecular weight excluding hydrogens is 264 g/mol. The van der Waals surface area contributed by atoms with Crippen molar-refractivity contribution in [3.63, 3.8) is 0 Å². The van der Waals surface area contributed by atoms with E-state index in [-0.39, 0.29) is 5.56 Å². The number of carboxylic acids is 1. The molecule has 0 radical (unpaired) electrons. The van der Waals surface area contributed by atoms with Crippen LogP contribution in [0.1, 0.15) is 16.1 Å². The summed E-state index contributed by atoms with van der Waals surface area (Å²) in [6.45, 7) is 1.68. The number of rotatable bonds is 3. The van der Waals surface area contributed by atoms with Crippen LogP contribution in [0, 0.1) is 6.92 Å². The van der Waals surface area contributed by atoms with Gasteiger partial charge in [0.25, 0.3) is 0 Å². The van der Waals surface area contributed by atoms with Crippen LogP contribution in [0.3, 0.4) is 0 Å². The van der Waals surface area contributed by atoms with E-state index in [0.717, 1.165) is 11.1 Å². The molecule has 3 aromatic rings. The Morgan fingerprint density at radius 3 is 1.95 bits per heavy atom. The lowest BCUT2D eigenvalue weighted by atomic mass is 9.97. The van der Waals surface area contributed by atoms with Crippen LogP contribution in [-0.2, 0) is 0 Å². The van der Waals surface area contributed by atoms with Gasteiger partial charge in [-0.15, -0.1) is 0 Å². The Balaban J connectivity index is 2.32. The third kappa shape index (κ3) is 2.34. The predicted octanol–water partition coefficient (Wildman–Crippen LogP) is 4.62. The largest absolute Gasteiger partial charge is 0.478 e. The molecule has 0 atom stereocenters. The number of aromatic carboxylic acids is 1. The van der Waals surface area contributed by atoms with E-state index in [2.05, 4.69) is 0 Å². The van der Waals surface area contributed by atoms with Crippen molar-refractivity contribution < 1.29 is 14.3 Å². The summed E-state index contributed by atoms with van der Waals surface area (Å²) in [5.74, 6) is 0.0363. The second kappa shape index (κ2) is 5.29. The zero-order valence-electron chi connectivity index (χ0n) is 11.5. The van der Waals surface area contributed by atoms with Crippen LogP contribution in [0.15, 0.2) is 65.1 Å². The van der Waals surface area contributed by atoms with Gasteiger partial charge in [-0.1, -0.05) is 60.7 Å². The third-order valence-electron chi connectivity index (χ3n) is 3.40. The Bertz CT molecular complexity index is 771. The molecule has 0 spiro atoms. The summed E-state index contributed by atoms with van der Waals surface area (Å²) in [6.07, 6.45) is 0. The van der Waals surface area contributed by atoms with Crippen LogP contribution in [0.5, 0.6) is 0 Å². The Hall–Kier alpha value is -2.81. The van der Waals surface area contributed by atoms with Crippen LogP contribution in [0.25, 0.3) is 22.5 Å². The van der Waals surface area contributed by atoms with E-state index in [1.807, 2.05) is 60.7 Å². The molecule has 0 saturated carbocycles. The van der Waals surface area contributed by atoms with Crippen molar-refractivity contribution in [2.24, 2.45) is 0 Å². The molecule has 104 valence electrons. The summed E-state index contributed by atoms with van der Waals surface area (Å²) < 4.78 is 5.77. The highest BCUT2D eigenvalue weighted by atomic mass is 16.4. The molecule has 0 amide bonds. The molecule has 1 N–H and O–H groups in total. The van der Waals surface area contributed by atoms with Crippen molar-refractivity contribution in [1.82, 2.24) is 0 Å². The first kappa shape index (κ1) is 13.2. The van der Waals surface area contributed by atoms with Crippen molar-refractivity contribution in [2.75, 3.05) is 0 Å². The molecule has 3 heteroatoms. The topological polar surface area (TPSA) is 50.4 Å². The SMILES string of the molecule is Cc1oc(-c2ccccc2)c(-c2ccccc2)c1C(=O)O. The van der Waals surface area contributed by atoms with E-state index in [0.29, 0.717) is 17.1 Å². The van der Waals surface area contributed by atoms with Gasteiger partial charge < -0.3 is 9.52 Å². The lowest BCUT2D eigenvalue weighted by molar-refractivity contribution is 0.0696. The number of carbonyl (C=O) groups is 1. The summed E-state index contributed by atoms with van der Waals surface area (Å²) in [5.41, 5.74) is 2.56. The first-order valence-corrected chi connectivity index (χ1v) is 6.66. The fourth-order valence-electron chi connectivity index (χ4n) is 2.48. The Kier molecular flexibility index (Phi) is 3.32. The number of hydrogen-bond acceptors (Lipinski definition) is 2. The third-order valence-corrected chi connectivity index (χ3v) is 3.40. The number of furan rings is 1. The minimum atomic E-state index is -0.975. The highest BCUT2D eigenvalue weighted by Crippen LogP contribution is 2.38. The molecule has 0 fully saturated rings. The minimum Gasteiger partial charge on any atom is -0.478 e. The quantitative estimate of drug-likeness (QED) is 0.760. The van der Waals surface area contributed by atoms with Crippen molar-refractivity contribution in [3.8, 4) is 22.5 Å². The van der Waals surface area contributed by atoms with Gasteiger partial charge in [0.2, 0.25) is 0 Å². The smallest absolute Gasteiger partial charge is 0.339 e. The highest BCUT2D eigenvalue weighted by Gasteiger charge is 2.24. The second-order valence-electron chi connectivity index (χ2n) is 4.77. The maximum Gasteiger partial charge on any atom is 0.339 e. The molecule has 0 aliphatic carbocycles. The number of carboxylic acid groups (broad SMARTS) is 1. The number of aryl methyl sites for hydroxylation is 1. The van der Waals surface area contributed by atoms with E-state index in [1.165, 1.54) is 0 Å². The summed E-state index contributed by atoms with van der Waals surface area (Å²) in [5, 5.41) is 9.51. The van der Waals surface area contributed by atoms with Gasteiger partial charge in [-0.2, -0.15) is 0 Å². The van der Waals surface area contributed by atoms with Crippen LogP contribution in [0.4, 0.5) is 0 Å². The van der Waals surface area contributed by atoms with Crippen LogP contribution >= 0.6 is 0 Å². The highest BCUT2D eigenvalue weighted by molar-refractivity contribution is 6.01. The average Bonchev–Trinajstić information content (AvgIpc) is 2.86. The van der Waals surface area contributed by atoms with Crippen molar-refractivity contribution in [2.45, 2.75) is 6.92 Å². The fraction of sp³-hybridized carbons (Fsp3) is 0.0556. The molecule has 1 heterocycles. The summed E-state index contributed by atoms with van der Waals surface area (Å²) >= 11 is 0. The van der Waals surface area contributed by atoms with E-state index in [4.69, 9.17) is 4.42 Å². The van der Waals surface area contributed by atoms with Gasteiger partial charge in [-0.25, -0.2) is 4.79 Å². The van der Waals surface area contributed by atoms with Gasteiger partial charge in [-0.05, 0) is 12.5 Å². The predicted molar refractivity (Wildman–Crippen MR) is 81.3 cm³/mol. The molecule has 0 aliphatic heterocycles. The van der Waals surface area contributed by atoms with E-state index < -0.39 is 5.97 Å². The van der Waals surface area contributed by atoms with Crippen molar-refractivity contribution >= 4 is 5.97 Å². The standard InChI is InChI=1S/C18H14O3/c1-12-15(18(19)20)16(13-8-4-2-5-9-13)17(21-12)14-10-6-3-7-11-14/h2-11H,1H3,(H,19,20). The second-order valence-corrected chi connectivity index (χ2v) is 4.77. The molecule has 3 nitrogen and oxygen atoms in total. The number of benzene rings is 2. The maximum atomic E-state index is 11.6. The van der Waals surface area contributed by atoms with Gasteiger partial charge >= 0.3 is 5.97 Å². The van der Waals surface area contributed by atoms with Crippen LogP contribution in [0.2, 0.25) is 0 Å². The zero-order valence-corrected chi connectivity index (χ0v) is 11.5. The van der Waals surface area contributed by atoms with Crippen LogP contribution < -0.4 is 0 Å². The van der Waals surface area contributed by atoms with Gasteiger partial charge in [-0.3, -0.25) is 0 Å².